The number of nitrogens with zero attached hydrogens (tertiary/aromatic N) is 1. The van der Waals surface area contributed by atoms with Gasteiger partial charge in [-0.2, -0.15) is 13.2 Å². The average molecular weight is 403 g/mol. The van der Waals surface area contributed by atoms with Gasteiger partial charge < -0.3 is 20.5 Å². The molecule has 0 saturated carbocycles. The number of amides is 1. The van der Waals surface area contributed by atoms with Gasteiger partial charge in [0.1, 0.15) is 6.04 Å². The molecule has 3 atom stereocenters. The quantitative estimate of drug-likeness (QED) is 0.463. The number of ether oxygens (including phenoxy) is 1. The molecule has 2 aliphatic heterocycles. The number of hydrogen-bond donors (Lipinski definition) is 5. The third-order valence-electron chi connectivity index (χ3n) is 4.93. The molecule has 1 amide bonds. The molecule has 2 heterocycles. The molecular weight excluding hydrogens is 379 g/mol. The maximum absolute atomic E-state index is 12.9. The smallest absolute Gasteiger partial charge is 0.364 e. The second kappa shape index (κ2) is 8.72. The zero-order valence-electron chi connectivity index (χ0n) is 15.3. The molecule has 3 unspecified atom stereocenters. The van der Waals surface area contributed by atoms with Crippen molar-refractivity contribution in [1.29, 1.82) is 0 Å². The Morgan fingerprint density at radius 2 is 2.14 bits per heavy atom. The van der Waals surface area contributed by atoms with Crippen molar-refractivity contribution in [2.45, 2.75) is 37.5 Å². The Labute approximate surface area is 160 Å². The molecule has 0 radical (unpaired) electrons. The lowest BCUT2D eigenvalue weighted by Crippen LogP contribution is -2.60. The Balaban J connectivity index is 1.66. The monoisotopic (exact) mass is 403 g/mol. The summed E-state index contributed by atoms with van der Waals surface area (Å²) in [5.41, 5.74) is 5.05. The van der Waals surface area contributed by atoms with Crippen molar-refractivity contribution in [2.75, 3.05) is 32.2 Å². The van der Waals surface area contributed by atoms with Crippen LogP contribution in [0.15, 0.2) is 18.2 Å². The largest absolute Gasteiger partial charge is 0.416 e. The van der Waals surface area contributed by atoms with E-state index in [1.54, 1.807) is 0 Å². The van der Waals surface area contributed by atoms with Crippen molar-refractivity contribution in [3.63, 3.8) is 0 Å². The number of benzene rings is 1. The summed E-state index contributed by atoms with van der Waals surface area (Å²) in [6.45, 7) is 2.61. The van der Waals surface area contributed by atoms with Crippen molar-refractivity contribution in [2.24, 2.45) is 0 Å². The van der Waals surface area contributed by atoms with E-state index in [0.717, 1.165) is 51.5 Å². The molecule has 1 aromatic carbocycles. The van der Waals surface area contributed by atoms with Gasteiger partial charge in [0.2, 0.25) is 5.91 Å². The minimum absolute atomic E-state index is 0.0695. The van der Waals surface area contributed by atoms with E-state index in [-0.39, 0.29) is 17.4 Å². The van der Waals surface area contributed by atoms with Gasteiger partial charge in [0, 0.05) is 38.1 Å². The van der Waals surface area contributed by atoms with Gasteiger partial charge in [-0.05, 0) is 31.0 Å². The average Bonchev–Trinajstić information content (AvgIpc) is 3.21. The highest BCUT2D eigenvalue weighted by Gasteiger charge is 2.33. The summed E-state index contributed by atoms with van der Waals surface area (Å²) in [6, 6.07) is 2.19. The van der Waals surface area contributed by atoms with Crippen molar-refractivity contribution in [3.8, 4) is 0 Å². The number of carbonyl (C=O) groups excluding carboxylic acids is 1. The first-order chi connectivity index (χ1) is 13.3. The number of aliphatic hydroxyl groups excluding tert-OH is 1. The SMILES string of the molecule is COC(O)c1cc(C(F)(F)F)ccc1NC(=O)C1CCC(N2CCNC2)NN1. The van der Waals surface area contributed by atoms with E-state index < -0.39 is 30.0 Å². The second-order valence-corrected chi connectivity index (χ2v) is 6.78. The van der Waals surface area contributed by atoms with Gasteiger partial charge in [-0.15, -0.1) is 0 Å². The Morgan fingerprint density at radius 3 is 2.71 bits per heavy atom. The van der Waals surface area contributed by atoms with Crippen LogP contribution in [-0.2, 0) is 15.7 Å². The summed E-state index contributed by atoms with van der Waals surface area (Å²) in [5, 5.41) is 15.7. The summed E-state index contributed by atoms with van der Waals surface area (Å²) >= 11 is 0. The number of aliphatic hydroxyl groups is 1. The zero-order chi connectivity index (χ0) is 20.3. The van der Waals surface area contributed by atoms with E-state index in [4.69, 9.17) is 4.74 Å². The van der Waals surface area contributed by atoms with Crippen LogP contribution < -0.4 is 21.5 Å². The molecule has 28 heavy (non-hydrogen) atoms. The third-order valence-corrected chi connectivity index (χ3v) is 4.93. The van der Waals surface area contributed by atoms with E-state index in [1.165, 1.54) is 0 Å². The van der Waals surface area contributed by atoms with Crippen molar-refractivity contribution in [1.82, 2.24) is 21.1 Å². The standard InChI is InChI=1S/C17H24F3N5O3/c1-28-16(27)11-8-10(17(18,19)20)2-3-12(11)22-15(26)13-4-5-14(24-23-13)25-7-6-21-9-25/h2-3,8,13-14,16,21,23-24,27H,4-7,9H2,1H3,(H,22,26). The fourth-order valence-electron chi connectivity index (χ4n) is 3.33. The van der Waals surface area contributed by atoms with Gasteiger partial charge in [0.05, 0.1) is 11.7 Å². The van der Waals surface area contributed by atoms with Gasteiger partial charge in [-0.3, -0.25) is 9.69 Å². The number of methoxy groups -OCH3 is 1. The van der Waals surface area contributed by atoms with Crippen LogP contribution in [0.5, 0.6) is 0 Å². The maximum Gasteiger partial charge on any atom is 0.416 e. The molecule has 0 bridgehead atoms. The fourth-order valence-corrected chi connectivity index (χ4v) is 3.33. The fraction of sp³-hybridized carbons (Fsp3) is 0.588. The predicted molar refractivity (Wildman–Crippen MR) is 94.7 cm³/mol. The zero-order valence-corrected chi connectivity index (χ0v) is 15.3. The lowest BCUT2D eigenvalue weighted by atomic mass is 10.0. The number of carbonyl (C=O) groups is 1. The summed E-state index contributed by atoms with van der Waals surface area (Å²) < 4.78 is 43.6. The summed E-state index contributed by atoms with van der Waals surface area (Å²) in [5.74, 6) is -0.408. The molecule has 1 aromatic rings. The van der Waals surface area contributed by atoms with Crippen molar-refractivity contribution < 1.29 is 27.8 Å². The van der Waals surface area contributed by atoms with Gasteiger partial charge in [-0.25, -0.2) is 10.9 Å². The lowest BCUT2D eigenvalue weighted by molar-refractivity contribution is -0.138. The van der Waals surface area contributed by atoms with Crippen LogP contribution in [0.4, 0.5) is 18.9 Å². The molecule has 0 aromatic heterocycles. The van der Waals surface area contributed by atoms with Crippen LogP contribution >= 0.6 is 0 Å². The Hall–Kier alpha value is -1.76. The first kappa shape index (κ1) is 21.0. The van der Waals surface area contributed by atoms with E-state index in [0.29, 0.717) is 6.42 Å². The molecule has 2 fully saturated rings. The van der Waals surface area contributed by atoms with Gasteiger partial charge in [0.15, 0.2) is 6.29 Å². The lowest BCUT2D eigenvalue weighted by Gasteiger charge is -2.35. The summed E-state index contributed by atoms with van der Waals surface area (Å²) in [6.07, 6.45) is -4.76. The highest BCUT2D eigenvalue weighted by atomic mass is 19.4. The normalized spacial score (nSPS) is 24.9. The molecular formula is C17H24F3N5O3. The Morgan fingerprint density at radius 1 is 1.36 bits per heavy atom. The molecule has 156 valence electrons. The van der Waals surface area contributed by atoms with Crippen LogP contribution in [0.2, 0.25) is 0 Å². The molecule has 5 N–H and O–H groups in total. The van der Waals surface area contributed by atoms with Crippen LogP contribution in [0.1, 0.15) is 30.3 Å². The van der Waals surface area contributed by atoms with Gasteiger partial charge in [-0.1, -0.05) is 0 Å². The van der Waals surface area contributed by atoms with Crippen LogP contribution in [0, 0.1) is 0 Å². The van der Waals surface area contributed by atoms with E-state index in [2.05, 4.69) is 26.4 Å². The van der Waals surface area contributed by atoms with Crippen LogP contribution in [-0.4, -0.2) is 55.0 Å². The highest BCUT2D eigenvalue weighted by molar-refractivity contribution is 5.95. The maximum atomic E-state index is 12.9. The van der Waals surface area contributed by atoms with Crippen molar-refractivity contribution in [3.05, 3.63) is 29.3 Å². The number of nitrogens with one attached hydrogen (secondary N) is 4. The first-order valence-electron chi connectivity index (χ1n) is 8.98. The first-order valence-corrected chi connectivity index (χ1v) is 8.98. The molecule has 0 aliphatic carbocycles. The highest BCUT2D eigenvalue weighted by Crippen LogP contribution is 2.34. The summed E-state index contributed by atoms with van der Waals surface area (Å²) in [4.78, 5) is 14.8. The Bertz CT molecular complexity index is 689. The number of rotatable bonds is 5. The van der Waals surface area contributed by atoms with E-state index in [1.807, 2.05) is 0 Å². The third kappa shape index (κ3) is 4.80. The van der Waals surface area contributed by atoms with Crippen LogP contribution in [0.25, 0.3) is 0 Å². The molecule has 8 nitrogen and oxygen atoms in total. The Kier molecular flexibility index (Phi) is 6.53. The molecule has 3 rings (SSSR count). The van der Waals surface area contributed by atoms with E-state index >= 15 is 0 Å². The number of anilines is 1. The number of halogens is 3. The summed E-state index contributed by atoms with van der Waals surface area (Å²) in [7, 11) is 1.16. The molecule has 2 aliphatic rings. The molecule has 0 spiro atoms. The van der Waals surface area contributed by atoms with Crippen molar-refractivity contribution >= 4 is 11.6 Å². The molecule has 11 heteroatoms. The second-order valence-electron chi connectivity index (χ2n) is 6.78. The van der Waals surface area contributed by atoms with Crippen LogP contribution in [0.3, 0.4) is 0 Å². The number of alkyl halides is 3. The number of hydrazine groups is 1. The van der Waals surface area contributed by atoms with Gasteiger partial charge >= 0.3 is 6.18 Å². The van der Waals surface area contributed by atoms with E-state index in [9.17, 15) is 23.1 Å². The topological polar surface area (TPSA) is 97.9 Å². The minimum Gasteiger partial charge on any atom is -0.364 e. The number of hydrogen-bond acceptors (Lipinski definition) is 7. The molecule has 2 saturated heterocycles. The van der Waals surface area contributed by atoms with Gasteiger partial charge in [0.25, 0.3) is 0 Å². The predicted octanol–water partition coefficient (Wildman–Crippen LogP) is 0.727. The minimum atomic E-state index is -4.57.